The van der Waals surface area contributed by atoms with Gasteiger partial charge >= 0.3 is 0 Å². The van der Waals surface area contributed by atoms with Gasteiger partial charge in [0.15, 0.2) is 5.17 Å². The first kappa shape index (κ1) is 16.3. The van der Waals surface area contributed by atoms with Crippen LogP contribution in [0.15, 0.2) is 76.1 Å². The summed E-state index contributed by atoms with van der Waals surface area (Å²) in [6.45, 7) is 3.99. The van der Waals surface area contributed by atoms with Crippen molar-refractivity contribution in [2.24, 2.45) is 4.99 Å². The Morgan fingerprint density at radius 2 is 1.79 bits per heavy atom. The molecule has 0 unspecified atom stereocenters. The van der Waals surface area contributed by atoms with Crippen LogP contribution in [0.25, 0.3) is 6.08 Å². The summed E-state index contributed by atoms with van der Waals surface area (Å²) >= 11 is 1.37. The van der Waals surface area contributed by atoms with Crippen LogP contribution in [0, 0.1) is 6.92 Å². The Hall–Kier alpha value is -2.59. The van der Waals surface area contributed by atoms with Gasteiger partial charge in [0.1, 0.15) is 0 Å². The van der Waals surface area contributed by atoms with Crippen LogP contribution in [0.4, 0.5) is 5.69 Å². The Morgan fingerprint density at radius 3 is 2.54 bits per heavy atom. The van der Waals surface area contributed by atoms with Gasteiger partial charge in [0, 0.05) is 0 Å². The maximum absolute atomic E-state index is 12.1. The Balaban J connectivity index is 1.80. The lowest BCUT2D eigenvalue weighted by molar-refractivity contribution is -0.115. The zero-order chi connectivity index (χ0) is 16.9. The van der Waals surface area contributed by atoms with Gasteiger partial charge < -0.3 is 5.32 Å². The molecule has 4 heteroatoms. The van der Waals surface area contributed by atoms with E-state index in [0.717, 1.165) is 22.4 Å². The molecule has 24 heavy (non-hydrogen) atoms. The topological polar surface area (TPSA) is 41.5 Å². The number of rotatable bonds is 3. The van der Waals surface area contributed by atoms with Crippen LogP contribution in [0.1, 0.15) is 18.1 Å². The maximum atomic E-state index is 12.1. The lowest BCUT2D eigenvalue weighted by Gasteiger charge is -1.99. The fourth-order valence-electron chi connectivity index (χ4n) is 2.34. The molecular weight excluding hydrogens is 316 g/mol. The van der Waals surface area contributed by atoms with E-state index in [9.17, 15) is 4.79 Å². The predicted octanol–water partition coefficient (Wildman–Crippen LogP) is 4.83. The second-order valence-electron chi connectivity index (χ2n) is 5.57. The van der Waals surface area contributed by atoms with Gasteiger partial charge in [-0.25, -0.2) is 4.99 Å². The first-order chi connectivity index (χ1) is 11.6. The molecule has 0 aliphatic carbocycles. The Bertz CT molecular complexity index is 851. The van der Waals surface area contributed by atoms with E-state index in [1.807, 2.05) is 74.5 Å². The van der Waals surface area contributed by atoms with Gasteiger partial charge in [-0.1, -0.05) is 54.6 Å². The number of aryl methyl sites for hydroxylation is 1. The Kier molecular flexibility index (Phi) is 4.96. The molecule has 0 saturated carbocycles. The summed E-state index contributed by atoms with van der Waals surface area (Å²) in [5.74, 6) is -0.104. The smallest absolute Gasteiger partial charge is 0.264 e. The molecular formula is C20H18N2OS. The van der Waals surface area contributed by atoms with Gasteiger partial charge in [0.25, 0.3) is 5.91 Å². The summed E-state index contributed by atoms with van der Waals surface area (Å²) in [6.07, 6.45) is 3.95. The quantitative estimate of drug-likeness (QED) is 0.817. The number of hydrogen-bond acceptors (Lipinski definition) is 3. The Morgan fingerprint density at radius 1 is 1.08 bits per heavy atom. The van der Waals surface area contributed by atoms with Gasteiger partial charge in [0.05, 0.1) is 10.6 Å². The number of thioether (sulfide) groups is 1. The number of nitrogens with zero attached hydrogens (tertiary/aromatic N) is 1. The molecule has 1 aliphatic heterocycles. The van der Waals surface area contributed by atoms with Crippen molar-refractivity contribution in [3.8, 4) is 0 Å². The maximum Gasteiger partial charge on any atom is 0.264 e. The average Bonchev–Trinajstić information content (AvgIpc) is 2.90. The largest absolute Gasteiger partial charge is 0.300 e. The number of carbonyl (C=O) groups excluding carboxylic acids is 1. The SMILES string of the molecule is CC(=C\c1ccccc1)/C=C1/SC(=Nc2ccccc2C)NC1=O. The summed E-state index contributed by atoms with van der Waals surface area (Å²) in [5.41, 5.74) is 4.09. The molecule has 0 atom stereocenters. The average molecular weight is 334 g/mol. The number of aliphatic imine (C=N–C) groups is 1. The van der Waals surface area contributed by atoms with Crippen LogP contribution < -0.4 is 5.32 Å². The molecule has 120 valence electrons. The molecule has 0 spiro atoms. The van der Waals surface area contributed by atoms with Crippen LogP contribution in [-0.2, 0) is 4.79 Å². The van der Waals surface area contributed by atoms with Crippen LogP contribution in [-0.4, -0.2) is 11.1 Å². The molecule has 1 aliphatic rings. The minimum Gasteiger partial charge on any atom is -0.300 e. The number of hydrogen-bond donors (Lipinski definition) is 1. The summed E-state index contributed by atoms with van der Waals surface area (Å²) in [4.78, 5) is 17.3. The molecule has 0 aromatic heterocycles. The zero-order valence-electron chi connectivity index (χ0n) is 13.6. The number of amidine groups is 1. The van der Waals surface area contributed by atoms with Gasteiger partial charge in [-0.3, -0.25) is 4.79 Å². The number of benzene rings is 2. The molecule has 3 rings (SSSR count). The zero-order valence-corrected chi connectivity index (χ0v) is 14.4. The standard InChI is InChI=1S/C20H18N2OS/c1-14(12-16-9-4-3-5-10-16)13-18-19(23)22-20(24-18)21-17-11-7-6-8-15(17)2/h3-13H,1-2H3,(H,21,22,23)/b14-12+,18-13+. The van der Waals surface area contributed by atoms with Crippen LogP contribution >= 0.6 is 11.8 Å². The van der Waals surface area contributed by atoms with Crippen molar-refractivity contribution >= 4 is 34.6 Å². The highest BCUT2D eigenvalue weighted by Gasteiger charge is 2.23. The van der Waals surface area contributed by atoms with E-state index in [0.29, 0.717) is 10.1 Å². The van der Waals surface area contributed by atoms with E-state index >= 15 is 0 Å². The van der Waals surface area contributed by atoms with E-state index in [4.69, 9.17) is 0 Å². The molecule has 1 fully saturated rings. The van der Waals surface area contributed by atoms with E-state index in [1.165, 1.54) is 11.8 Å². The third kappa shape index (κ3) is 4.03. The van der Waals surface area contributed by atoms with E-state index < -0.39 is 0 Å². The minimum atomic E-state index is -0.104. The summed E-state index contributed by atoms with van der Waals surface area (Å²) < 4.78 is 0. The summed E-state index contributed by atoms with van der Waals surface area (Å²) in [7, 11) is 0. The van der Waals surface area contributed by atoms with Crippen molar-refractivity contribution in [1.82, 2.24) is 5.32 Å². The molecule has 1 saturated heterocycles. The molecule has 1 heterocycles. The van der Waals surface area contributed by atoms with Crippen molar-refractivity contribution < 1.29 is 4.79 Å². The first-order valence-electron chi connectivity index (χ1n) is 7.70. The lowest BCUT2D eigenvalue weighted by atomic mass is 10.1. The van der Waals surface area contributed by atoms with Crippen LogP contribution in [0.2, 0.25) is 0 Å². The number of para-hydroxylation sites is 1. The second kappa shape index (κ2) is 7.32. The number of amides is 1. The number of allylic oxidation sites excluding steroid dienone is 2. The van der Waals surface area contributed by atoms with E-state index in [-0.39, 0.29) is 5.91 Å². The fourth-order valence-corrected chi connectivity index (χ4v) is 3.22. The normalized spacial score (nSPS) is 18.2. The Labute approximate surface area is 146 Å². The molecule has 1 N–H and O–H groups in total. The van der Waals surface area contributed by atoms with Gasteiger partial charge in [0.2, 0.25) is 0 Å². The highest BCUT2D eigenvalue weighted by molar-refractivity contribution is 8.18. The van der Waals surface area contributed by atoms with Crippen LogP contribution in [0.5, 0.6) is 0 Å². The monoisotopic (exact) mass is 334 g/mol. The molecule has 0 radical (unpaired) electrons. The number of carbonyl (C=O) groups is 1. The highest BCUT2D eigenvalue weighted by Crippen LogP contribution is 2.28. The van der Waals surface area contributed by atoms with E-state index in [2.05, 4.69) is 16.4 Å². The van der Waals surface area contributed by atoms with Crippen LogP contribution in [0.3, 0.4) is 0 Å². The summed E-state index contributed by atoms with van der Waals surface area (Å²) in [5, 5.41) is 3.45. The van der Waals surface area contributed by atoms with Crippen molar-refractivity contribution in [3.05, 3.63) is 82.3 Å². The van der Waals surface area contributed by atoms with Gasteiger partial charge in [-0.15, -0.1) is 0 Å². The minimum absolute atomic E-state index is 0.104. The molecule has 3 nitrogen and oxygen atoms in total. The van der Waals surface area contributed by atoms with Gasteiger partial charge in [-0.05, 0) is 54.5 Å². The van der Waals surface area contributed by atoms with Crippen molar-refractivity contribution in [2.45, 2.75) is 13.8 Å². The lowest BCUT2D eigenvalue weighted by Crippen LogP contribution is -2.19. The predicted molar refractivity (Wildman–Crippen MR) is 102 cm³/mol. The third-order valence-electron chi connectivity index (χ3n) is 3.54. The first-order valence-corrected chi connectivity index (χ1v) is 8.52. The number of nitrogens with one attached hydrogen (secondary N) is 1. The third-order valence-corrected chi connectivity index (χ3v) is 4.45. The van der Waals surface area contributed by atoms with Gasteiger partial charge in [-0.2, -0.15) is 0 Å². The second-order valence-corrected chi connectivity index (χ2v) is 6.60. The molecule has 0 bridgehead atoms. The highest BCUT2D eigenvalue weighted by atomic mass is 32.2. The molecule has 2 aromatic carbocycles. The summed E-state index contributed by atoms with van der Waals surface area (Å²) in [6, 6.07) is 17.9. The van der Waals surface area contributed by atoms with Crippen molar-refractivity contribution in [1.29, 1.82) is 0 Å². The fraction of sp³-hybridized carbons (Fsp3) is 0.100. The van der Waals surface area contributed by atoms with Crippen molar-refractivity contribution in [3.63, 3.8) is 0 Å². The molecule has 1 amide bonds. The molecule has 2 aromatic rings. The van der Waals surface area contributed by atoms with Crippen molar-refractivity contribution in [2.75, 3.05) is 0 Å². The van der Waals surface area contributed by atoms with E-state index in [1.54, 1.807) is 0 Å².